The zero-order valence-corrected chi connectivity index (χ0v) is 13.6. The fraction of sp³-hybridized carbons (Fsp3) is 0.190. The molecule has 1 N–H and O–H groups in total. The number of carbonyl (C=O) groups excluding carboxylic acids is 1. The maximum absolute atomic E-state index is 12.7. The fourth-order valence-electron chi connectivity index (χ4n) is 3.53. The highest BCUT2D eigenvalue weighted by Crippen LogP contribution is 2.30. The molecule has 0 spiro atoms. The number of likely N-dealkylation sites (N-methyl/N-ethyl adjacent to an activating group) is 1. The normalized spacial score (nSPS) is 20.7. The average Bonchev–Trinajstić information content (AvgIpc) is 2.90. The molecule has 0 saturated carbocycles. The van der Waals surface area contributed by atoms with Gasteiger partial charge in [0.25, 0.3) is 0 Å². The van der Waals surface area contributed by atoms with Crippen LogP contribution in [0.3, 0.4) is 0 Å². The van der Waals surface area contributed by atoms with Gasteiger partial charge in [0, 0.05) is 7.05 Å². The Morgan fingerprint density at radius 3 is 2.46 bits per heavy atom. The van der Waals surface area contributed by atoms with Crippen LogP contribution in [0.25, 0.3) is 10.8 Å². The number of nitrogens with zero attached hydrogens (tertiary/aromatic N) is 1. The number of rotatable bonds is 3. The van der Waals surface area contributed by atoms with Crippen LogP contribution in [-0.4, -0.2) is 23.9 Å². The number of fused-ring (bicyclic) bond motifs is 1. The van der Waals surface area contributed by atoms with E-state index in [1.807, 2.05) is 42.3 Å². The van der Waals surface area contributed by atoms with Gasteiger partial charge in [-0.2, -0.15) is 0 Å². The Labute approximate surface area is 141 Å². The average molecular weight is 316 g/mol. The SMILES string of the molecule is CN1C(=O)[C@H](Cc2ccccc2)N[C@@H]1c1cccc2ccccc12. The summed E-state index contributed by atoms with van der Waals surface area (Å²) in [6.07, 6.45) is 0.628. The van der Waals surface area contributed by atoms with E-state index in [-0.39, 0.29) is 18.1 Å². The van der Waals surface area contributed by atoms with Crippen molar-refractivity contribution in [3.05, 3.63) is 83.9 Å². The molecule has 0 aromatic heterocycles. The van der Waals surface area contributed by atoms with Gasteiger partial charge in [-0.25, -0.2) is 0 Å². The first-order valence-corrected chi connectivity index (χ1v) is 8.28. The maximum Gasteiger partial charge on any atom is 0.241 e. The zero-order chi connectivity index (χ0) is 16.5. The van der Waals surface area contributed by atoms with E-state index in [0.717, 1.165) is 5.56 Å². The largest absolute Gasteiger partial charge is 0.325 e. The molecular formula is C21H20N2O. The maximum atomic E-state index is 12.7. The van der Waals surface area contributed by atoms with Crippen molar-refractivity contribution in [3.63, 3.8) is 0 Å². The Balaban J connectivity index is 1.65. The van der Waals surface area contributed by atoms with Gasteiger partial charge in [0.15, 0.2) is 0 Å². The molecular weight excluding hydrogens is 296 g/mol. The number of amides is 1. The van der Waals surface area contributed by atoms with E-state index in [2.05, 4.69) is 47.8 Å². The molecule has 1 heterocycles. The zero-order valence-electron chi connectivity index (χ0n) is 13.6. The first-order valence-electron chi connectivity index (χ1n) is 8.28. The lowest BCUT2D eigenvalue weighted by Crippen LogP contribution is -2.31. The van der Waals surface area contributed by atoms with Crippen LogP contribution < -0.4 is 5.32 Å². The van der Waals surface area contributed by atoms with Crippen molar-refractivity contribution in [1.29, 1.82) is 0 Å². The molecule has 1 aliphatic heterocycles. The Hall–Kier alpha value is -2.65. The van der Waals surface area contributed by atoms with Crippen molar-refractivity contribution in [3.8, 4) is 0 Å². The Morgan fingerprint density at radius 1 is 0.917 bits per heavy atom. The van der Waals surface area contributed by atoms with Crippen LogP contribution in [0.5, 0.6) is 0 Å². The highest BCUT2D eigenvalue weighted by molar-refractivity contribution is 5.89. The second-order valence-corrected chi connectivity index (χ2v) is 6.33. The van der Waals surface area contributed by atoms with Crippen LogP contribution in [-0.2, 0) is 11.2 Å². The Bertz CT molecular complexity index is 870. The molecule has 120 valence electrons. The van der Waals surface area contributed by atoms with Crippen LogP contribution in [0.4, 0.5) is 0 Å². The van der Waals surface area contributed by atoms with Gasteiger partial charge in [0.05, 0.1) is 6.04 Å². The quantitative estimate of drug-likeness (QED) is 0.802. The van der Waals surface area contributed by atoms with E-state index in [1.165, 1.54) is 16.3 Å². The molecule has 4 rings (SSSR count). The third-order valence-electron chi connectivity index (χ3n) is 4.79. The molecule has 1 fully saturated rings. The van der Waals surface area contributed by atoms with Crippen molar-refractivity contribution in [2.75, 3.05) is 7.05 Å². The minimum Gasteiger partial charge on any atom is -0.325 e. The summed E-state index contributed by atoms with van der Waals surface area (Å²) in [5.41, 5.74) is 2.33. The minimum absolute atomic E-state index is 0.0858. The monoisotopic (exact) mass is 316 g/mol. The summed E-state index contributed by atoms with van der Waals surface area (Å²) < 4.78 is 0. The van der Waals surface area contributed by atoms with Crippen molar-refractivity contribution in [2.45, 2.75) is 18.6 Å². The third-order valence-corrected chi connectivity index (χ3v) is 4.79. The number of hydrogen-bond acceptors (Lipinski definition) is 2. The molecule has 3 aromatic rings. The first kappa shape index (κ1) is 14.9. The number of hydrogen-bond donors (Lipinski definition) is 1. The van der Waals surface area contributed by atoms with Crippen molar-refractivity contribution in [2.24, 2.45) is 0 Å². The lowest BCUT2D eigenvalue weighted by Gasteiger charge is -2.21. The van der Waals surface area contributed by atoms with Gasteiger partial charge in [-0.05, 0) is 28.3 Å². The van der Waals surface area contributed by atoms with Gasteiger partial charge in [-0.1, -0.05) is 72.8 Å². The van der Waals surface area contributed by atoms with Crippen LogP contribution in [0.2, 0.25) is 0 Å². The van der Waals surface area contributed by atoms with Gasteiger partial charge in [0.2, 0.25) is 5.91 Å². The summed E-state index contributed by atoms with van der Waals surface area (Å²) >= 11 is 0. The summed E-state index contributed by atoms with van der Waals surface area (Å²) in [4.78, 5) is 14.5. The highest BCUT2D eigenvalue weighted by Gasteiger charge is 2.37. The van der Waals surface area contributed by atoms with Crippen LogP contribution in [0.1, 0.15) is 17.3 Å². The Morgan fingerprint density at radius 2 is 1.62 bits per heavy atom. The summed E-state index contributed by atoms with van der Waals surface area (Å²) in [6.45, 7) is 0. The van der Waals surface area contributed by atoms with Crippen molar-refractivity contribution >= 4 is 16.7 Å². The molecule has 0 unspecified atom stereocenters. The molecule has 1 saturated heterocycles. The summed E-state index contributed by atoms with van der Waals surface area (Å²) in [5.74, 6) is 0.150. The minimum atomic E-state index is -0.179. The van der Waals surface area contributed by atoms with Crippen molar-refractivity contribution in [1.82, 2.24) is 10.2 Å². The predicted octanol–water partition coefficient (Wildman–Crippen LogP) is 3.51. The molecule has 3 aromatic carbocycles. The van der Waals surface area contributed by atoms with Crippen LogP contribution in [0.15, 0.2) is 72.8 Å². The van der Waals surface area contributed by atoms with E-state index in [1.54, 1.807) is 0 Å². The van der Waals surface area contributed by atoms with Gasteiger partial charge >= 0.3 is 0 Å². The highest BCUT2D eigenvalue weighted by atomic mass is 16.2. The standard InChI is InChI=1S/C21H20N2O/c1-23-20(18-13-7-11-16-10-5-6-12-17(16)18)22-19(21(23)24)14-15-8-3-2-4-9-15/h2-13,19-20,22H,14H2,1H3/t19-,20-/m0/s1. The molecule has 1 aliphatic rings. The fourth-order valence-corrected chi connectivity index (χ4v) is 3.53. The van der Waals surface area contributed by atoms with Crippen LogP contribution in [0, 0.1) is 0 Å². The van der Waals surface area contributed by atoms with E-state index in [0.29, 0.717) is 6.42 Å². The van der Waals surface area contributed by atoms with Crippen LogP contribution >= 0.6 is 0 Å². The van der Waals surface area contributed by atoms with E-state index in [9.17, 15) is 4.79 Å². The lowest BCUT2D eigenvalue weighted by atomic mass is 10.0. The smallest absolute Gasteiger partial charge is 0.241 e. The predicted molar refractivity (Wildman–Crippen MR) is 96.5 cm³/mol. The second-order valence-electron chi connectivity index (χ2n) is 6.33. The third kappa shape index (κ3) is 2.57. The van der Waals surface area contributed by atoms with Gasteiger partial charge in [0.1, 0.15) is 6.17 Å². The molecule has 3 nitrogen and oxygen atoms in total. The first-order chi connectivity index (χ1) is 11.7. The second kappa shape index (κ2) is 6.10. The molecule has 0 bridgehead atoms. The summed E-state index contributed by atoms with van der Waals surface area (Å²) in [6, 6.07) is 24.6. The van der Waals surface area contributed by atoms with E-state index < -0.39 is 0 Å². The summed E-state index contributed by atoms with van der Waals surface area (Å²) in [7, 11) is 1.88. The molecule has 1 amide bonds. The van der Waals surface area contributed by atoms with Crippen molar-refractivity contribution < 1.29 is 4.79 Å². The van der Waals surface area contributed by atoms with Gasteiger partial charge < -0.3 is 4.90 Å². The van der Waals surface area contributed by atoms with Gasteiger partial charge in [-0.15, -0.1) is 0 Å². The molecule has 24 heavy (non-hydrogen) atoms. The summed E-state index contributed by atoms with van der Waals surface area (Å²) in [5, 5.41) is 5.91. The molecule has 2 atom stereocenters. The Kier molecular flexibility index (Phi) is 3.79. The number of benzene rings is 3. The van der Waals surface area contributed by atoms with Gasteiger partial charge in [-0.3, -0.25) is 10.1 Å². The topological polar surface area (TPSA) is 32.3 Å². The van der Waals surface area contributed by atoms with E-state index in [4.69, 9.17) is 0 Å². The number of nitrogens with one attached hydrogen (secondary N) is 1. The molecule has 0 aliphatic carbocycles. The number of carbonyl (C=O) groups is 1. The lowest BCUT2D eigenvalue weighted by molar-refractivity contribution is -0.128. The van der Waals surface area contributed by atoms with E-state index >= 15 is 0 Å². The molecule has 0 radical (unpaired) electrons. The molecule has 3 heteroatoms.